The van der Waals surface area contributed by atoms with E-state index in [-0.39, 0.29) is 5.69 Å². The van der Waals surface area contributed by atoms with Crippen LogP contribution in [0.3, 0.4) is 0 Å². The SMILES string of the molecule is COc1cc(/C=C/C(=O)Nc2ccccc2C(F)(F)F)ccc1OCc1ccccc1. The fourth-order valence-corrected chi connectivity index (χ4v) is 2.83. The second-order valence-electron chi connectivity index (χ2n) is 6.55. The Labute approximate surface area is 177 Å². The molecule has 0 aromatic heterocycles. The number of anilines is 1. The van der Waals surface area contributed by atoms with Gasteiger partial charge in [0.25, 0.3) is 0 Å². The highest BCUT2D eigenvalue weighted by Crippen LogP contribution is 2.34. The van der Waals surface area contributed by atoms with Crippen LogP contribution in [0.2, 0.25) is 0 Å². The zero-order valence-corrected chi connectivity index (χ0v) is 16.6. The molecule has 0 spiro atoms. The molecule has 0 aliphatic heterocycles. The van der Waals surface area contributed by atoms with Crippen LogP contribution in [0.25, 0.3) is 6.08 Å². The molecule has 0 saturated heterocycles. The molecule has 31 heavy (non-hydrogen) atoms. The van der Waals surface area contributed by atoms with Crippen molar-refractivity contribution in [2.75, 3.05) is 12.4 Å². The van der Waals surface area contributed by atoms with Gasteiger partial charge in [-0.2, -0.15) is 13.2 Å². The Bertz CT molecular complexity index is 1060. The van der Waals surface area contributed by atoms with E-state index in [1.54, 1.807) is 18.2 Å². The number of hydrogen-bond donors (Lipinski definition) is 1. The minimum absolute atomic E-state index is 0.299. The van der Waals surface area contributed by atoms with Crippen LogP contribution in [0.1, 0.15) is 16.7 Å². The highest BCUT2D eigenvalue weighted by Gasteiger charge is 2.33. The van der Waals surface area contributed by atoms with Gasteiger partial charge in [0.05, 0.1) is 18.4 Å². The number of carbonyl (C=O) groups excluding carboxylic acids is 1. The molecule has 4 nitrogen and oxygen atoms in total. The Morgan fingerprint density at radius 3 is 2.39 bits per heavy atom. The highest BCUT2D eigenvalue weighted by molar-refractivity contribution is 6.02. The number of alkyl halides is 3. The van der Waals surface area contributed by atoms with Crippen LogP contribution >= 0.6 is 0 Å². The summed E-state index contributed by atoms with van der Waals surface area (Å²) in [6.07, 6.45) is -1.92. The lowest BCUT2D eigenvalue weighted by molar-refractivity contribution is -0.136. The van der Waals surface area contributed by atoms with Crippen molar-refractivity contribution < 1.29 is 27.4 Å². The van der Waals surface area contributed by atoms with E-state index >= 15 is 0 Å². The van der Waals surface area contributed by atoms with Crippen molar-refractivity contribution in [1.29, 1.82) is 0 Å². The van der Waals surface area contributed by atoms with Crippen molar-refractivity contribution in [3.05, 3.63) is 95.6 Å². The third-order valence-electron chi connectivity index (χ3n) is 4.34. The molecule has 0 bridgehead atoms. The summed E-state index contributed by atoms with van der Waals surface area (Å²) < 4.78 is 50.3. The molecule has 3 rings (SSSR count). The predicted molar refractivity (Wildman–Crippen MR) is 113 cm³/mol. The third kappa shape index (κ3) is 6.12. The first-order valence-electron chi connectivity index (χ1n) is 9.37. The van der Waals surface area contributed by atoms with E-state index in [0.29, 0.717) is 23.7 Å². The number of methoxy groups -OCH3 is 1. The van der Waals surface area contributed by atoms with Gasteiger partial charge in [-0.1, -0.05) is 48.5 Å². The molecule has 160 valence electrons. The third-order valence-corrected chi connectivity index (χ3v) is 4.34. The van der Waals surface area contributed by atoms with Crippen LogP contribution in [-0.2, 0) is 17.6 Å². The Kier molecular flexibility index (Phi) is 6.97. The standard InChI is InChI=1S/C24H20F3NO3/c1-30-22-15-17(11-13-21(22)31-16-18-7-3-2-4-8-18)12-14-23(29)28-20-10-6-5-9-19(20)24(25,26)27/h2-15H,16H2,1H3,(H,28,29)/b14-12+. The number of amides is 1. The number of ether oxygens (including phenoxy) is 2. The molecular weight excluding hydrogens is 407 g/mol. The summed E-state index contributed by atoms with van der Waals surface area (Å²) in [5.41, 5.74) is 0.428. The van der Waals surface area contributed by atoms with Crippen molar-refractivity contribution in [2.45, 2.75) is 12.8 Å². The summed E-state index contributed by atoms with van der Waals surface area (Å²) in [5, 5.41) is 2.26. The Morgan fingerprint density at radius 2 is 1.68 bits per heavy atom. The summed E-state index contributed by atoms with van der Waals surface area (Å²) in [7, 11) is 1.50. The molecule has 0 saturated carbocycles. The Hall–Kier alpha value is -3.74. The van der Waals surface area contributed by atoms with Gasteiger partial charge in [0, 0.05) is 6.08 Å². The maximum atomic E-state index is 13.0. The molecule has 1 N–H and O–H groups in total. The molecule has 0 aliphatic carbocycles. The Morgan fingerprint density at radius 1 is 0.968 bits per heavy atom. The number of para-hydroxylation sites is 1. The molecule has 0 fully saturated rings. The minimum atomic E-state index is -4.56. The Balaban J connectivity index is 1.67. The summed E-state index contributed by atoms with van der Waals surface area (Å²) in [4.78, 5) is 12.1. The topological polar surface area (TPSA) is 47.6 Å². The lowest BCUT2D eigenvalue weighted by Crippen LogP contribution is -2.14. The van der Waals surface area contributed by atoms with Gasteiger partial charge in [0.2, 0.25) is 5.91 Å². The largest absolute Gasteiger partial charge is 0.493 e. The number of halogens is 3. The predicted octanol–water partition coefficient (Wildman–Crippen LogP) is 5.94. The van der Waals surface area contributed by atoms with Gasteiger partial charge in [0.1, 0.15) is 6.61 Å². The van der Waals surface area contributed by atoms with E-state index in [9.17, 15) is 18.0 Å². The summed E-state index contributed by atoms with van der Waals surface area (Å²) >= 11 is 0. The molecule has 0 radical (unpaired) electrons. The molecular formula is C24H20F3NO3. The average Bonchev–Trinajstić information content (AvgIpc) is 2.77. The summed E-state index contributed by atoms with van der Waals surface area (Å²) in [6, 6.07) is 19.6. The summed E-state index contributed by atoms with van der Waals surface area (Å²) in [5.74, 6) is 0.327. The fourth-order valence-electron chi connectivity index (χ4n) is 2.83. The number of benzene rings is 3. The quantitative estimate of drug-likeness (QED) is 0.475. The van der Waals surface area contributed by atoms with Gasteiger partial charge >= 0.3 is 6.18 Å². The molecule has 0 unspecified atom stereocenters. The van der Waals surface area contributed by atoms with Gasteiger partial charge in [-0.15, -0.1) is 0 Å². The first-order chi connectivity index (χ1) is 14.9. The average molecular weight is 427 g/mol. The fraction of sp³-hybridized carbons (Fsp3) is 0.125. The van der Waals surface area contributed by atoms with Crippen molar-refractivity contribution in [1.82, 2.24) is 0 Å². The molecule has 3 aromatic carbocycles. The van der Waals surface area contributed by atoms with Crippen LogP contribution in [0.5, 0.6) is 11.5 Å². The number of nitrogens with one attached hydrogen (secondary N) is 1. The van der Waals surface area contributed by atoms with Gasteiger partial charge in [-0.3, -0.25) is 4.79 Å². The van der Waals surface area contributed by atoms with E-state index in [1.807, 2.05) is 30.3 Å². The van der Waals surface area contributed by atoms with Gasteiger partial charge in [-0.05, 0) is 41.5 Å². The van der Waals surface area contributed by atoms with E-state index in [1.165, 1.54) is 31.4 Å². The van der Waals surface area contributed by atoms with Crippen molar-refractivity contribution in [3.63, 3.8) is 0 Å². The first kappa shape index (κ1) is 22.0. The number of carbonyl (C=O) groups is 1. The van der Waals surface area contributed by atoms with Crippen LogP contribution in [0.4, 0.5) is 18.9 Å². The van der Waals surface area contributed by atoms with E-state index in [0.717, 1.165) is 17.7 Å². The lowest BCUT2D eigenvalue weighted by Gasteiger charge is -2.12. The normalized spacial score (nSPS) is 11.4. The molecule has 7 heteroatoms. The highest BCUT2D eigenvalue weighted by atomic mass is 19.4. The van der Waals surface area contributed by atoms with Gasteiger partial charge in [0.15, 0.2) is 11.5 Å². The van der Waals surface area contributed by atoms with Crippen molar-refractivity contribution >= 4 is 17.7 Å². The monoisotopic (exact) mass is 427 g/mol. The second kappa shape index (κ2) is 9.84. The maximum Gasteiger partial charge on any atom is 0.418 e. The molecule has 1 amide bonds. The second-order valence-corrected chi connectivity index (χ2v) is 6.55. The summed E-state index contributed by atoms with van der Waals surface area (Å²) in [6.45, 7) is 0.368. The van der Waals surface area contributed by atoms with E-state index in [2.05, 4.69) is 5.32 Å². The number of hydrogen-bond acceptors (Lipinski definition) is 3. The minimum Gasteiger partial charge on any atom is -0.493 e. The van der Waals surface area contributed by atoms with E-state index in [4.69, 9.17) is 9.47 Å². The van der Waals surface area contributed by atoms with Gasteiger partial charge < -0.3 is 14.8 Å². The zero-order chi connectivity index (χ0) is 22.3. The van der Waals surface area contributed by atoms with Crippen LogP contribution in [0, 0.1) is 0 Å². The van der Waals surface area contributed by atoms with Crippen LogP contribution < -0.4 is 14.8 Å². The molecule has 0 aliphatic rings. The van der Waals surface area contributed by atoms with Crippen LogP contribution in [0.15, 0.2) is 78.9 Å². The van der Waals surface area contributed by atoms with Crippen molar-refractivity contribution in [3.8, 4) is 11.5 Å². The van der Waals surface area contributed by atoms with E-state index < -0.39 is 17.6 Å². The zero-order valence-electron chi connectivity index (χ0n) is 16.6. The van der Waals surface area contributed by atoms with Gasteiger partial charge in [-0.25, -0.2) is 0 Å². The molecule has 3 aromatic rings. The van der Waals surface area contributed by atoms with Crippen LogP contribution in [-0.4, -0.2) is 13.0 Å². The molecule has 0 heterocycles. The lowest BCUT2D eigenvalue weighted by atomic mass is 10.1. The molecule has 0 atom stereocenters. The maximum absolute atomic E-state index is 13.0. The first-order valence-corrected chi connectivity index (χ1v) is 9.37. The smallest absolute Gasteiger partial charge is 0.418 e. The number of rotatable bonds is 7. The van der Waals surface area contributed by atoms with Crippen molar-refractivity contribution in [2.24, 2.45) is 0 Å².